The summed E-state index contributed by atoms with van der Waals surface area (Å²) in [7, 11) is 0. The van der Waals surface area contributed by atoms with Gasteiger partial charge in [0.05, 0.1) is 18.7 Å². The van der Waals surface area contributed by atoms with E-state index in [-0.39, 0.29) is 12.3 Å². The number of carboxylic acids is 1. The van der Waals surface area contributed by atoms with Crippen molar-refractivity contribution in [1.82, 2.24) is 15.1 Å². The van der Waals surface area contributed by atoms with Crippen molar-refractivity contribution in [2.45, 2.75) is 45.6 Å². The first-order valence-corrected chi connectivity index (χ1v) is 11.7. The van der Waals surface area contributed by atoms with Crippen LogP contribution in [0.15, 0.2) is 54.9 Å². The molecule has 0 aliphatic rings. The van der Waals surface area contributed by atoms with E-state index in [0.29, 0.717) is 49.3 Å². The molecule has 2 aromatic carbocycles. The molecule has 1 aromatic heterocycles. The summed E-state index contributed by atoms with van der Waals surface area (Å²) in [4.78, 5) is 34.6. The maximum Gasteiger partial charge on any atom is 0.303 e. The van der Waals surface area contributed by atoms with E-state index in [0.717, 1.165) is 36.0 Å². The van der Waals surface area contributed by atoms with E-state index in [4.69, 9.17) is 9.84 Å². The molecule has 2 N–H and O–H groups in total. The van der Waals surface area contributed by atoms with Crippen LogP contribution in [0.1, 0.15) is 63.1 Å². The van der Waals surface area contributed by atoms with Gasteiger partial charge in [0.15, 0.2) is 6.29 Å². The molecule has 0 bridgehead atoms. The number of amides is 1. The number of nitrogens with zero attached hydrogens (tertiary/aromatic N) is 2. The summed E-state index contributed by atoms with van der Waals surface area (Å²) in [5.41, 5.74) is 3.60. The van der Waals surface area contributed by atoms with Gasteiger partial charge in [-0.2, -0.15) is 5.10 Å². The standard InChI is InChI=1S/C27H31N3O5/c1-20-6-8-23(19-31)24(16-20)27(34)28-12-3-2-4-15-35-25-17-21(18-30-14-5-13-29-30)7-9-22(25)10-11-26(32)33/h5-9,13-14,16-17,19H,2-4,10-12,15,18H2,1H3,(H,28,34)(H,32,33). The summed E-state index contributed by atoms with van der Waals surface area (Å²) in [5, 5.41) is 16.1. The van der Waals surface area contributed by atoms with Crippen molar-refractivity contribution >= 4 is 18.2 Å². The van der Waals surface area contributed by atoms with Gasteiger partial charge in [0.25, 0.3) is 5.91 Å². The molecule has 1 heterocycles. The zero-order chi connectivity index (χ0) is 25.0. The maximum atomic E-state index is 12.4. The Kier molecular flexibility index (Phi) is 9.59. The lowest BCUT2D eigenvalue weighted by molar-refractivity contribution is -0.136. The van der Waals surface area contributed by atoms with E-state index in [2.05, 4.69) is 10.4 Å². The average Bonchev–Trinajstić information content (AvgIpc) is 3.35. The minimum Gasteiger partial charge on any atom is -0.493 e. The highest BCUT2D eigenvalue weighted by molar-refractivity contribution is 6.01. The fourth-order valence-corrected chi connectivity index (χ4v) is 3.71. The molecule has 0 spiro atoms. The fraction of sp³-hybridized carbons (Fsp3) is 0.333. The number of hydrogen-bond donors (Lipinski definition) is 2. The quantitative estimate of drug-likeness (QED) is 0.268. The van der Waals surface area contributed by atoms with Gasteiger partial charge in [-0.3, -0.25) is 19.1 Å². The van der Waals surface area contributed by atoms with Crippen molar-refractivity contribution in [3.8, 4) is 5.75 Å². The van der Waals surface area contributed by atoms with Crippen LogP contribution in [0.2, 0.25) is 0 Å². The molecule has 0 saturated heterocycles. The second-order valence-electron chi connectivity index (χ2n) is 8.41. The summed E-state index contributed by atoms with van der Waals surface area (Å²) >= 11 is 0. The number of benzene rings is 2. The number of hydrogen-bond acceptors (Lipinski definition) is 5. The van der Waals surface area contributed by atoms with E-state index in [1.165, 1.54) is 0 Å². The van der Waals surface area contributed by atoms with Crippen LogP contribution in [0.25, 0.3) is 0 Å². The lowest BCUT2D eigenvalue weighted by Gasteiger charge is -2.13. The van der Waals surface area contributed by atoms with Crippen LogP contribution in [-0.2, 0) is 17.8 Å². The number of aromatic nitrogens is 2. The number of carbonyl (C=O) groups excluding carboxylic acids is 2. The predicted molar refractivity (Wildman–Crippen MR) is 132 cm³/mol. The van der Waals surface area contributed by atoms with Crippen LogP contribution in [0.3, 0.4) is 0 Å². The number of aliphatic carboxylic acids is 1. The monoisotopic (exact) mass is 477 g/mol. The Hall–Kier alpha value is -3.94. The molecule has 0 saturated carbocycles. The van der Waals surface area contributed by atoms with Gasteiger partial charge < -0.3 is 15.2 Å². The molecule has 8 heteroatoms. The molecule has 0 unspecified atom stereocenters. The van der Waals surface area contributed by atoms with Gasteiger partial charge in [-0.15, -0.1) is 0 Å². The average molecular weight is 478 g/mol. The Bertz CT molecular complexity index is 1140. The fourth-order valence-electron chi connectivity index (χ4n) is 3.71. The van der Waals surface area contributed by atoms with E-state index in [9.17, 15) is 14.4 Å². The van der Waals surface area contributed by atoms with Gasteiger partial charge in [-0.25, -0.2) is 0 Å². The molecule has 3 aromatic rings. The number of carboxylic acid groups (broad SMARTS) is 1. The first-order chi connectivity index (χ1) is 17.0. The predicted octanol–water partition coefficient (Wildman–Crippen LogP) is 4.05. The molecule has 184 valence electrons. The van der Waals surface area contributed by atoms with Crippen LogP contribution in [0, 0.1) is 6.92 Å². The summed E-state index contributed by atoms with van der Waals surface area (Å²) in [6.45, 7) is 3.49. The maximum absolute atomic E-state index is 12.4. The molecule has 0 aliphatic carbocycles. The number of ether oxygens (including phenoxy) is 1. The van der Waals surface area contributed by atoms with E-state index < -0.39 is 5.97 Å². The molecule has 0 aliphatic heterocycles. The molecule has 3 rings (SSSR count). The van der Waals surface area contributed by atoms with E-state index in [1.807, 2.05) is 42.1 Å². The van der Waals surface area contributed by atoms with Gasteiger partial charge in [-0.05, 0) is 61.9 Å². The highest BCUT2D eigenvalue weighted by Gasteiger charge is 2.11. The molecule has 0 radical (unpaired) electrons. The largest absolute Gasteiger partial charge is 0.493 e. The van der Waals surface area contributed by atoms with Gasteiger partial charge in [0.2, 0.25) is 0 Å². The molecule has 35 heavy (non-hydrogen) atoms. The molecule has 1 amide bonds. The Labute approximate surface area is 204 Å². The minimum absolute atomic E-state index is 0.0430. The third-order valence-electron chi connectivity index (χ3n) is 5.59. The van der Waals surface area contributed by atoms with Crippen LogP contribution in [-0.4, -0.2) is 46.2 Å². The van der Waals surface area contributed by atoms with Gasteiger partial charge >= 0.3 is 5.97 Å². The highest BCUT2D eigenvalue weighted by Crippen LogP contribution is 2.23. The number of nitrogens with one attached hydrogen (secondary N) is 1. The van der Waals surface area contributed by atoms with Gasteiger partial charge in [-0.1, -0.05) is 29.8 Å². The minimum atomic E-state index is -0.843. The van der Waals surface area contributed by atoms with Crippen molar-refractivity contribution in [2.75, 3.05) is 13.2 Å². The molecular formula is C27H31N3O5. The summed E-state index contributed by atoms with van der Waals surface area (Å²) in [5.74, 6) is -0.390. The Balaban J connectivity index is 1.46. The number of carbonyl (C=O) groups is 3. The van der Waals surface area contributed by atoms with Crippen LogP contribution < -0.4 is 10.1 Å². The van der Waals surface area contributed by atoms with Crippen molar-refractivity contribution in [3.05, 3.63) is 82.7 Å². The molecule has 0 fully saturated rings. The molecule has 8 nitrogen and oxygen atoms in total. The van der Waals surface area contributed by atoms with Crippen molar-refractivity contribution in [1.29, 1.82) is 0 Å². The van der Waals surface area contributed by atoms with Crippen LogP contribution in [0.5, 0.6) is 5.75 Å². The lowest BCUT2D eigenvalue weighted by atomic mass is 10.0. The summed E-state index contributed by atoms with van der Waals surface area (Å²) in [6, 6.07) is 12.9. The van der Waals surface area contributed by atoms with Crippen molar-refractivity contribution < 1.29 is 24.2 Å². The Morgan fingerprint density at radius 3 is 2.74 bits per heavy atom. The lowest BCUT2D eigenvalue weighted by Crippen LogP contribution is -2.25. The topological polar surface area (TPSA) is 111 Å². The number of rotatable bonds is 14. The third kappa shape index (κ3) is 8.10. The van der Waals surface area contributed by atoms with Crippen molar-refractivity contribution in [3.63, 3.8) is 0 Å². The zero-order valence-electron chi connectivity index (χ0n) is 19.9. The number of aryl methyl sites for hydroxylation is 2. The van der Waals surface area contributed by atoms with Crippen LogP contribution >= 0.6 is 0 Å². The third-order valence-corrected chi connectivity index (χ3v) is 5.59. The second-order valence-corrected chi connectivity index (χ2v) is 8.41. The summed E-state index contributed by atoms with van der Waals surface area (Å²) in [6.07, 6.45) is 7.18. The highest BCUT2D eigenvalue weighted by atomic mass is 16.5. The number of unbranched alkanes of at least 4 members (excludes halogenated alkanes) is 2. The SMILES string of the molecule is Cc1ccc(C=O)c(C(=O)NCCCCCOc2cc(Cn3cccn3)ccc2CCC(=O)O)c1. The Morgan fingerprint density at radius 2 is 2.00 bits per heavy atom. The molecular weight excluding hydrogens is 446 g/mol. The van der Waals surface area contributed by atoms with Gasteiger partial charge in [0, 0.05) is 30.9 Å². The van der Waals surface area contributed by atoms with Crippen LogP contribution in [0.4, 0.5) is 0 Å². The smallest absolute Gasteiger partial charge is 0.303 e. The molecule has 0 atom stereocenters. The van der Waals surface area contributed by atoms with E-state index >= 15 is 0 Å². The second kappa shape index (κ2) is 13.1. The van der Waals surface area contributed by atoms with E-state index in [1.54, 1.807) is 24.4 Å². The van der Waals surface area contributed by atoms with Crippen molar-refractivity contribution in [2.24, 2.45) is 0 Å². The zero-order valence-corrected chi connectivity index (χ0v) is 19.9. The number of aldehydes is 1. The van der Waals surface area contributed by atoms with Gasteiger partial charge in [0.1, 0.15) is 5.75 Å². The normalized spacial score (nSPS) is 10.7. The first-order valence-electron chi connectivity index (χ1n) is 11.7. The Morgan fingerprint density at radius 1 is 1.14 bits per heavy atom. The summed E-state index contributed by atoms with van der Waals surface area (Å²) < 4.78 is 7.84. The first kappa shape index (κ1) is 25.7.